The molecule has 160 valence electrons. The van der Waals surface area contributed by atoms with Crippen LogP contribution in [0.15, 0.2) is 80.1 Å². The third kappa shape index (κ3) is 4.23. The molecule has 0 aliphatic heterocycles. The fourth-order valence-electron chi connectivity index (χ4n) is 3.26. The van der Waals surface area contributed by atoms with Crippen LogP contribution >= 0.6 is 23.4 Å². The number of nitrogens with zero attached hydrogens (tertiary/aromatic N) is 2. The van der Waals surface area contributed by atoms with Crippen LogP contribution in [0.2, 0.25) is 5.02 Å². The minimum absolute atomic E-state index is 0.0633. The lowest BCUT2D eigenvalue weighted by molar-refractivity contribution is 0.601. The van der Waals surface area contributed by atoms with Crippen LogP contribution in [-0.4, -0.2) is 17.6 Å². The highest BCUT2D eigenvalue weighted by Crippen LogP contribution is 2.37. The lowest BCUT2D eigenvalue weighted by atomic mass is 10.2. The molecule has 4 rings (SSSR count). The third-order valence-corrected chi connectivity index (χ3v) is 7.64. The van der Waals surface area contributed by atoms with Gasteiger partial charge in [0.15, 0.2) is 0 Å². The molecule has 1 N–H and O–H groups in total. The van der Waals surface area contributed by atoms with E-state index in [1.807, 2.05) is 37.3 Å². The standard InChI is InChI=1S/C22H20ClN3O3S2/c1-14-7-9-16(10-8-14)30-21-13-20-19(25(2)22(27)26(20)3)12-18(21)24-31(28,29)17-6-4-5-15(23)11-17/h4-13,24H,1-3H3. The highest BCUT2D eigenvalue weighted by Gasteiger charge is 2.20. The van der Waals surface area contributed by atoms with Crippen LogP contribution in [0.4, 0.5) is 5.69 Å². The molecule has 4 aromatic rings. The van der Waals surface area contributed by atoms with Gasteiger partial charge >= 0.3 is 5.69 Å². The molecule has 0 saturated carbocycles. The van der Waals surface area contributed by atoms with Crippen LogP contribution in [0, 0.1) is 6.92 Å². The number of aryl methyl sites for hydroxylation is 3. The van der Waals surface area contributed by atoms with Crippen LogP contribution in [0.25, 0.3) is 11.0 Å². The summed E-state index contributed by atoms with van der Waals surface area (Å²) >= 11 is 7.41. The smallest absolute Gasteiger partial charge is 0.295 e. The number of imidazole rings is 1. The second-order valence-electron chi connectivity index (χ2n) is 7.22. The lowest BCUT2D eigenvalue weighted by Gasteiger charge is -2.14. The van der Waals surface area contributed by atoms with Crippen molar-refractivity contribution in [2.75, 3.05) is 4.72 Å². The van der Waals surface area contributed by atoms with E-state index in [-0.39, 0.29) is 10.6 Å². The van der Waals surface area contributed by atoms with Gasteiger partial charge in [-0.25, -0.2) is 13.2 Å². The van der Waals surface area contributed by atoms with Crippen molar-refractivity contribution in [2.24, 2.45) is 14.1 Å². The molecule has 0 saturated heterocycles. The number of aromatic nitrogens is 2. The maximum Gasteiger partial charge on any atom is 0.328 e. The minimum Gasteiger partial charge on any atom is -0.295 e. The number of anilines is 1. The van der Waals surface area contributed by atoms with Gasteiger partial charge in [0.1, 0.15) is 0 Å². The molecule has 0 bridgehead atoms. The molecule has 0 aliphatic rings. The van der Waals surface area contributed by atoms with Gasteiger partial charge < -0.3 is 0 Å². The van der Waals surface area contributed by atoms with Gasteiger partial charge in [0.05, 0.1) is 21.6 Å². The van der Waals surface area contributed by atoms with Crippen LogP contribution < -0.4 is 10.4 Å². The lowest BCUT2D eigenvalue weighted by Crippen LogP contribution is -2.19. The van der Waals surface area contributed by atoms with Crippen LogP contribution in [0.3, 0.4) is 0 Å². The summed E-state index contributed by atoms with van der Waals surface area (Å²) in [7, 11) is -0.529. The molecule has 0 radical (unpaired) electrons. The summed E-state index contributed by atoms with van der Waals surface area (Å²) in [6.07, 6.45) is 0. The molecular weight excluding hydrogens is 454 g/mol. The summed E-state index contributed by atoms with van der Waals surface area (Å²) in [6.45, 7) is 2.00. The Bertz CT molecular complexity index is 1460. The Morgan fingerprint density at radius 3 is 2.23 bits per heavy atom. The van der Waals surface area contributed by atoms with Gasteiger partial charge in [-0.05, 0) is 49.4 Å². The average molecular weight is 474 g/mol. The summed E-state index contributed by atoms with van der Waals surface area (Å²) in [5.74, 6) is 0. The van der Waals surface area contributed by atoms with Crippen molar-refractivity contribution < 1.29 is 8.42 Å². The van der Waals surface area contributed by atoms with Crippen LogP contribution in [-0.2, 0) is 24.1 Å². The first-order valence-electron chi connectivity index (χ1n) is 9.38. The third-order valence-electron chi connectivity index (χ3n) is 4.97. The fraction of sp³-hybridized carbons (Fsp3) is 0.136. The predicted octanol–water partition coefficient (Wildman–Crippen LogP) is 4.79. The van der Waals surface area contributed by atoms with Crippen molar-refractivity contribution in [1.29, 1.82) is 0 Å². The Morgan fingerprint density at radius 2 is 1.58 bits per heavy atom. The number of hydrogen-bond donors (Lipinski definition) is 1. The van der Waals surface area contributed by atoms with Gasteiger partial charge in [-0.1, -0.05) is 47.1 Å². The molecule has 6 nitrogen and oxygen atoms in total. The first kappa shape index (κ1) is 21.5. The number of nitrogens with one attached hydrogen (secondary N) is 1. The summed E-state index contributed by atoms with van der Waals surface area (Å²) < 4.78 is 31.8. The van der Waals surface area contributed by atoms with Crippen LogP contribution in [0.1, 0.15) is 5.56 Å². The average Bonchev–Trinajstić information content (AvgIpc) is 2.93. The topological polar surface area (TPSA) is 73.1 Å². The predicted molar refractivity (Wildman–Crippen MR) is 126 cm³/mol. The van der Waals surface area contributed by atoms with Crippen molar-refractivity contribution >= 4 is 50.1 Å². The van der Waals surface area contributed by atoms with Crippen LogP contribution in [0.5, 0.6) is 0 Å². The molecule has 0 aliphatic carbocycles. The van der Waals surface area contributed by atoms with Crippen molar-refractivity contribution in [3.05, 3.63) is 81.7 Å². The summed E-state index contributed by atoms with van der Waals surface area (Å²) in [5.41, 5.74) is 2.68. The number of rotatable bonds is 5. The maximum absolute atomic E-state index is 13.0. The zero-order chi connectivity index (χ0) is 22.3. The molecule has 0 spiro atoms. The van der Waals surface area contributed by atoms with Crippen molar-refractivity contribution in [3.63, 3.8) is 0 Å². The van der Waals surface area contributed by atoms with Gasteiger partial charge in [-0.2, -0.15) is 0 Å². The molecule has 0 fully saturated rings. The quantitative estimate of drug-likeness (QED) is 0.452. The summed E-state index contributed by atoms with van der Waals surface area (Å²) in [4.78, 5) is 14.1. The summed E-state index contributed by atoms with van der Waals surface area (Å²) in [6, 6.07) is 17.5. The minimum atomic E-state index is -3.88. The van der Waals surface area contributed by atoms with Gasteiger partial charge in [-0.3, -0.25) is 13.9 Å². The first-order chi connectivity index (χ1) is 14.7. The van der Waals surface area contributed by atoms with Gasteiger partial charge in [0, 0.05) is 28.9 Å². The number of hydrogen-bond acceptors (Lipinski definition) is 4. The number of benzene rings is 3. The molecule has 31 heavy (non-hydrogen) atoms. The van der Waals surface area contributed by atoms with E-state index < -0.39 is 10.0 Å². The van der Waals surface area contributed by atoms with Crippen molar-refractivity contribution in [1.82, 2.24) is 9.13 Å². The molecule has 0 amide bonds. The second kappa shape index (κ2) is 8.11. The van der Waals surface area contributed by atoms with Crippen molar-refractivity contribution in [2.45, 2.75) is 21.6 Å². The molecule has 0 unspecified atom stereocenters. The Morgan fingerprint density at radius 1 is 0.935 bits per heavy atom. The van der Waals surface area contributed by atoms with Crippen molar-refractivity contribution in [3.8, 4) is 0 Å². The zero-order valence-electron chi connectivity index (χ0n) is 17.1. The SMILES string of the molecule is Cc1ccc(Sc2cc3c(cc2NS(=O)(=O)c2cccc(Cl)c2)n(C)c(=O)n3C)cc1. The Balaban J connectivity index is 1.86. The molecule has 1 heterocycles. The molecule has 9 heteroatoms. The van der Waals surface area contributed by atoms with E-state index >= 15 is 0 Å². The number of halogens is 1. The molecule has 3 aromatic carbocycles. The van der Waals surface area contributed by atoms with E-state index in [1.165, 1.54) is 28.5 Å². The Hall–Kier alpha value is -2.68. The van der Waals surface area contributed by atoms with E-state index in [0.717, 1.165) is 10.5 Å². The Kier molecular flexibility index (Phi) is 5.63. The monoisotopic (exact) mass is 473 g/mol. The first-order valence-corrected chi connectivity index (χ1v) is 12.1. The summed E-state index contributed by atoms with van der Waals surface area (Å²) in [5, 5.41) is 0.332. The van der Waals surface area contributed by atoms with E-state index in [9.17, 15) is 13.2 Å². The second-order valence-corrected chi connectivity index (χ2v) is 10.4. The van der Waals surface area contributed by atoms with E-state index in [1.54, 1.807) is 36.9 Å². The van der Waals surface area contributed by atoms with Gasteiger partial charge in [0.25, 0.3) is 10.0 Å². The van der Waals surface area contributed by atoms with Gasteiger partial charge in [-0.15, -0.1) is 0 Å². The fourth-order valence-corrected chi connectivity index (χ4v) is 5.61. The van der Waals surface area contributed by atoms with E-state index in [2.05, 4.69) is 4.72 Å². The van der Waals surface area contributed by atoms with E-state index in [4.69, 9.17) is 11.6 Å². The highest BCUT2D eigenvalue weighted by molar-refractivity contribution is 7.99. The Labute approximate surface area is 189 Å². The maximum atomic E-state index is 13.0. The normalized spacial score (nSPS) is 11.7. The number of fused-ring (bicyclic) bond motifs is 1. The zero-order valence-corrected chi connectivity index (χ0v) is 19.5. The van der Waals surface area contributed by atoms with E-state index in [0.29, 0.717) is 26.6 Å². The largest absolute Gasteiger partial charge is 0.328 e. The number of sulfonamides is 1. The molecular formula is C22H20ClN3O3S2. The van der Waals surface area contributed by atoms with Gasteiger partial charge in [0.2, 0.25) is 0 Å². The molecule has 0 atom stereocenters. The highest BCUT2D eigenvalue weighted by atomic mass is 35.5. The molecule has 1 aromatic heterocycles.